The Hall–Kier alpha value is -1.46. The van der Waals surface area contributed by atoms with Crippen molar-refractivity contribution in [1.29, 1.82) is 0 Å². The normalized spacial score (nSPS) is 12.4. The molecule has 1 N–H and O–H groups in total. The van der Waals surface area contributed by atoms with Gasteiger partial charge in [0.2, 0.25) is 5.95 Å². The third kappa shape index (κ3) is 3.52. The maximum Gasteiger partial charge on any atom is 0.207 e. The molecule has 1 aromatic heterocycles. The highest BCUT2D eigenvalue weighted by Gasteiger charge is 2.08. The van der Waals surface area contributed by atoms with Crippen molar-refractivity contribution in [3.05, 3.63) is 36.7 Å². The van der Waals surface area contributed by atoms with E-state index in [1.807, 2.05) is 10.8 Å². The molecule has 2 aromatic rings. The van der Waals surface area contributed by atoms with Gasteiger partial charge in [-0.3, -0.25) is 4.57 Å². The Kier molecular flexibility index (Phi) is 4.87. The minimum atomic E-state index is 0.217. The summed E-state index contributed by atoms with van der Waals surface area (Å²) in [5, 5.41) is 3.35. The highest BCUT2D eigenvalue weighted by molar-refractivity contribution is 7.98. The van der Waals surface area contributed by atoms with E-state index in [1.54, 1.807) is 25.1 Å². The maximum absolute atomic E-state index is 5.13. The third-order valence-electron chi connectivity index (χ3n) is 2.76. The van der Waals surface area contributed by atoms with Crippen LogP contribution in [0.4, 0.5) is 5.95 Å². The molecular formula is C14H19N3OS. The molecule has 0 aliphatic rings. The predicted octanol–water partition coefficient (Wildman–Crippen LogP) is 3.04. The third-order valence-corrected chi connectivity index (χ3v) is 3.49. The lowest BCUT2D eigenvalue weighted by atomic mass is 10.3. The fourth-order valence-electron chi connectivity index (χ4n) is 1.89. The molecule has 0 saturated heterocycles. The molecule has 19 heavy (non-hydrogen) atoms. The first-order valence-electron chi connectivity index (χ1n) is 6.18. The Morgan fingerprint density at radius 2 is 2.32 bits per heavy atom. The molecule has 1 atom stereocenters. The van der Waals surface area contributed by atoms with Gasteiger partial charge in [-0.1, -0.05) is 6.07 Å². The summed E-state index contributed by atoms with van der Waals surface area (Å²) < 4.78 is 7.18. The lowest BCUT2D eigenvalue weighted by Crippen LogP contribution is -2.22. The summed E-state index contributed by atoms with van der Waals surface area (Å²) in [5.74, 6) is 0.836. The molecule has 1 aromatic carbocycles. The van der Waals surface area contributed by atoms with E-state index in [0.29, 0.717) is 6.61 Å². The van der Waals surface area contributed by atoms with E-state index in [-0.39, 0.29) is 6.04 Å². The molecule has 0 radical (unpaired) electrons. The van der Waals surface area contributed by atoms with Crippen LogP contribution < -0.4 is 5.32 Å². The van der Waals surface area contributed by atoms with Crippen LogP contribution in [0.2, 0.25) is 0 Å². The van der Waals surface area contributed by atoms with Crippen molar-refractivity contribution in [2.75, 3.05) is 25.3 Å². The van der Waals surface area contributed by atoms with Crippen LogP contribution in [0, 0.1) is 0 Å². The molecule has 0 fully saturated rings. The summed E-state index contributed by atoms with van der Waals surface area (Å²) in [6.45, 7) is 2.72. The Morgan fingerprint density at radius 1 is 1.47 bits per heavy atom. The zero-order valence-electron chi connectivity index (χ0n) is 11.5. The summed E-state index contributed by atoms with van der Waals surface area (Å²) in [6.07, 6.45) is 5.84. The Labute approximate surface area is 118 Å². The SMILES string of the molecule is COCC(C)Nc1nccn1-c1cccc(SC)c1. The van der Waals surface area contributed by atoms with Crippen LogP contribution >= 0.6 is 11.8 Å². The monoisotopic (exact) mass is 277 g/mol. The number of thioether (sulfide) groups is 1. The lowest BCUT2D eigenvalue weighted by Gasteiger charge is -2.15. The average Bonchev–Trinajstić information content (AvgIpc) is 2.87. The van der Waals surface area contributed by atoms with Gasteiger partial charge in [0.05, 0.1) is 6.61 Å². The molecule has 0 spiro atoms. The van der Waals surface area contributed by atoms with Crippen molar-refractivity contribution in [3.63, 3.8) is 0 Å². The van der Waals surface area contributed by atoms with Crippen LogP contribution in [0.1, 0.15) is 6.92 Å². The number of imidazole rings is 1. The number of aromatic nitrogens is 2. The van der Waals surface area contributed by atoms with Gasteiger partial charge < -0.3 is 10.1 Å². The zero-order chi connectivity index (χ0) is 13.7. The smallest absolute Gasteiger partial charge is 0.207 e. The molecule has 102 valence electrons. The minimum Gasteiger partial charge on any atom is -0.383 e. The van der Waals surface area contributed by atoms with Crippen molar-refractivity contribution < 1.29 is 4.74 Å². The van der Waals surface area contributed by atoms with Crippen LogP contribution in [-0.2, 0) is 4.74 Å². The highest BCUT2D eigenvalue weighted by Crippen LogP contribution is 2.21. The molecule has 1 heterocycles. The van der Waals surface area contributed by atoms with E-state index in [2.05, 4.69) is 47.7 Å². The van der Waals surface area contributed by atoms with Crippen molar-refractivity contribution in [2.24, 2.45) is 0 Å². The van der Waals surface area contributed by atoms with Crippen LogP contribution in [0.15, 0.2) is 41.6 Å². The number of nitrogens with zero attached hydrogens (tertiary/aromatic N) is 2. The van der Waals surface area contributed by atoms with E-state index in [4.69, 9.17) is 4.74 Å². The molecule has 0 aliphatic heterocycles. The number of hydrogen-bond acceptors (Lipinski definition) is 4. The molecule has 5 heteroatoms. The summed E-state index contributed by atoms with van der Waals surface area (Å²) in [7, 11) is 1.70. The van der Waals surface area contributed by atoms with Gasteiger partial charge in [0.15, 0.2) is 0 Å². The second kappa shape index (κ2) is 6.63. The average molecular weight is 277 g/mol. The van der Waals surface area contributed by atoms with Gasteiger partial charge >= 0.3 is 0 Å². The number of hydrogen-bond donors (Lipinski definition) is 1. The molecule has 0 aliphatic carbocycles. The first-order valence-corrected chi connectivity index (χ1v) is 7.40. The number of ether oxygens (including phenoxy) is 1. The summed E-state index contributed by atoms with van der Waals surface area (Å²) in [4.78, 5) is 5.60. The quantitative estimate of drug-likeness (QED) is 0.824. The molecule has 1 unspecified atom stereocenters. The number of nitrogens with one attached hydrogen (secondary N) is 1. The van der Waals surface area contributed by atoms with Gasteiger partial charge in [-0.15, -0.1) is 11.8 Å². The van der Waals surface area contributed by atoms with Gasteiger partial charge in [0, 0.05) is 36.1 Å². The van der Waals surface area contributed by atoms with E-state index < -0.39 is 0 Å². The van der Waals surface area contributed by atoms with E-state index >= 15 is 0 Å². The van der Waals surface area contributed by atoms with Gasteiger partial charge in [0.25, 0.3) is 0 Å². The Bertz CT molecular complexity index is 527. The molecular weight excluding hydrogens is 258 g/mol. The number of anilines is 1. The van der Waals surface area contributed by atoms with Crippen molar-refractivity contribution >= 4 is 17.7 Å². The maximum atomic E-state index is 5.13. The van der Waals surface area contributed by atoms with Gasteiger partial charge in [-0.25, -0.2) is 4.98 Å². The van der Waals surface area contributed by atoms with Crippen LogP contribution in [0.3, 0.4) is 0 Å². The number of benzene rings is 1. The molecule has 4 nitrogen and oxygen atoms in total. The van der Waals surface area contributed by atoms with Crippen LogP contribution in [0.5, 0.6) is 0 Å². The number of rotatable bonds is 6. The minimum absolute atomic E-state index is 0.217. The Morgan fingerprint density at radius 3 is 3.05 bits per heavy atom. The van der Waals surface area contributed by atoms with Gasteiger partial charge in [-0.05, 0) is 31.4 Å². The molecule has 0 amide bonds. The zero-order valence-corrected chi connectivity index (χ0v) is 12.3. The van der Waals surface area contributed by atoms with E-state index in [9.17, 15) is 0 Å². The van der Waals surface area contributed by atoms with Crippen LogP contribution in [-0.4, -0.2) is 35.6 Å². The topological polar surface area (TPSA) is 39.1 Å². The summed E-state index contributed by atoms with van der Waals surface area (Å²) >= 11 is 1.73. The predicted molar refractivity (Wildman–Crippen MR) is 80.3 cm³/mol. The number of methoxy groups -OCH3 is 1. The second-order valence-corrected chi connectivity index (χ2v) is 5.20. The first kappa shape index (κ1) is 14.0. The summed E-state index contributed by atoms with van der Waals surface area (Å²) in [6, 6.07) is 8.61. The first-order chi connectivity index (χ1) is 9.24. The van der Waals surface area contributed by atoms with Crippen molar-refractivity contribution in [1.82, 2.24) is 9.55 Å². The highest BCUT2D eigenvalue weighted by atomic mass is 32.2. The standard InChI is InChI=1S/C14H19N3OS/c1-11(10-18-2)16-14-15-7-8-17(14)12-5-4-6-13(9-12)19-3/h4-9,11H,10H2,1-3H3,(H,15,16). The largest absolute Gasteiger partial charge is 0.383 e. The van der Waals surface area contributed by atoms with E-state index in [0.717, 1.165) is 11.6 Å². The molecule has 0 saturated carbocycles. The van der Waals surface area contributed by atoms with Crippen LogP contribution in [0.25, 0.3) is 5.69 Å². The molecule has 0 bridgehead atoms. The summed E-state index contributed by atoms with van der Waals surface area (Å²) in [5.41, 5.74) is 1.11. The van der Waals surface area contributed by atoms with Crippen molar-refractivity contribution in [2.45, 2.75) is 17.9 Å². The second-order valence-electron chi connectivity index (χ2n) is 4.32. The van der Waals surface area contributed by atoms with Gasteiger partial charge in [-0.2, -0.15) is 0 Å². The lowest BCUT2D eigenvalue weighted by molar-refractivity contribution is 0.190. The van der Waals surface area contributed by atoms with Gasteiger partial charge in [0.1, 0.15) is 0 Å². The van der Waals surface area contributed by atoms with E-state index in [1.165, 1.54) is 4.90 Å². The Balaban J connectivity index is 2.23. The fourth-order valence-corrected chi connectivity index (χ4v) is 2.34. The molecule has 2 rings (SSSR count). The fraction of sp³-hybridized carbons (Fsp3) is 0.357. The van der Waals surface area contributed by atoms with Crippen molar-refractivity contribution in [3.8, 4) is 5.69 Å².